The lowest BCUT2D eigenvalue weighted by Gasteiger charge is -2.37. The molecular formula is C18H21BrN2OS. The van der Waals surface area contributed by atoms with E-state index in [1.165, 1.54) is 0 Å². The molecule has 3 nitrogen and oxygen atoms in total. The molecule has 0 N–H and O–H groups in total. The summed E-state index contributed by atoms with van der Waals surface area (Å²) in [6, 6.07) is 16.1. The quantitative estimate of drug-likeness (QED) is 0.708. The second-order valence-electron chi connectivity index (χ2n) is 6.50. The van der Waals surface area contributed by atoms with Crippen LogP contribution in [0.1, 0.15) is 6.92 Å². The average molecular weight is 393 g/mol. The van der Waals surface area contributed by atoms with Crippen LogP contribution in [0, 0.1) is 0 Å². The highest BCUT2D eigenvalue weighted by Crippen LogP contribution is 2.48. The third-order valence-corrected chi connectivity index (χ3v) is 5.30. The van der Waals surface area contributed by atoms with E-state index in [-0.39, 0.29) is 28.9 Å². The summed E-state index contributed by atoms with van der Waals surface area (Å²) in [6.45, 7) is 2.00. The van der Waals surface area contributed by atoms with Crippen LogP contribution in [0.2, 0.25) is 0 Å². The number of fused-ring (bicyclic) bond motifs is 2. The number of anilines is 2. The minimum Gasteiger partial charge on any atom is -1.00 e. The number of likely N-dealkylation sites (N-methyl/N-ethyl adjacent to an activating group) is 1. The summed E-state index contributed by atoms with van der Waals surface area (Å²) in [5.41, 5.74) is 1.97. The lowest BCUT2D eigenvalue weighted by atomic mass is 10.1. The molecule has 1 aliphatic heterocycles. The summed E-state index contributed by atoms with van der Waals surface area (Å²) in [4.78, 5) is 17.3. The van der Waals surface area contributed by atoms with Gasteiger partial charge in [-0.1, -0.05) is 36.0 Å². The molecule has 0 spiro atoms. The number of carbonyl (C=O) groups is 1. The molecule has 0 saturated carbocycles. The van der Waals surface area contributed by atoms with Crippen LogP contribution in [-0.4, -0.2) is 37.6 Å². The van der Waals surface area contributed by atoms with Crippen molar-refractivity contribution in [3.8, 4) is 0 Å². The number of hydrogen-bond donors (Lipinski definition) is 0. The molecule has 1 amide bonds. The molecule has 0 fully saturated rings. The second kappa shape index (κ2) is 6.67. The Bertz CT molecular complexity index is 681. The molecule has 0 aliphatic carbocycles. The number of carbonyl (C=O) groups excluding carboxylic acids is 1. The molecule has 1 atom stereocenters. The monoisotopic (exact) mass is 392 g/mol. The summed E-state index contributed by atoms with van der Waals surface area (Å²) in [7, 11) is 6.16. The number of para-hydroxylation sites is 2. The van der Waals surface area contributed by atoms with Gasteiger partial charge in [0, 0.05) is 9.79 Å². The zero-order valence-electron chi connectivity index (χ0n) is 13.8. The fourth-order valence-corrected chi connectivity index (χ4v) is 3.52. The van der Waals surface area contributed by atoms with Crippen molar-refractivity contribution in [2.75, 3.05) is 26.0 Å². The second-order valence-corrected chi connectivity index (χ2v) is 7.59. The minimum absolute atomic E-state index is 0. The van der Waals surface area contributed by atoms with E-state index in [1.807, 2.05) is 48.2 Å². The van der Waals surface area contributed by atoms with Crippen molar-refractivity contribution in [3.63, 3.8) is 0 Å². The van der Waals surface area contributed by atoms with E-state index in [0.717, 1.165) is 21.2 Å². The number of benzene rings is 2. The van der Waals surface area contributed by atoms with Crippen molar-refractivity contribution < 1.29 is 26.3 Å². The fraction of sp³-hybridized carbons (Fsp3) is 0.278. The number of quaternary nitrogens is 1. The molecule has 0 aromatic heterocycles. The molecule has 0 saturated heterocycles. The molecule has 0 radical (unpaired) electrons. The molecule has 1 heterocycles. The van der Waals surface area contributed by atoms with Crippen molar-refractivity contribution in [2.45, 2.75) is 22.8 Å². The Morgan fingerprint density at radius 1 is 0.957 bits per heavy atom. The van der Waals surface area contributed by atoms with E-state index in [9.17, 15) is 4.79 Å². The lowest BCUT2D eigenvalue weighted by molar-refractivity contribution is -0.884. The lowest BCUT2D eigenvalue weighted by Crippen LogP contribution is -3.00. The number of nitrogens with zero attached hydrogens (tertiary/aromatic N) is 2. The molecular weight excluding hydrogens is 372 g/mol. The van der Waals surface area contributed by atoms with Gasteiger partial charge in [-0.05, 0) is 31.2 Å². The minimum atomic E-state index is -0.121. The van der Waals surface area contributed by atoms with Gasteiger partial charge in [-0.15, -0.1) is 0 Å². The van der Waals surface area contributed by atoms with Gasteiger partial charge >= 0.3 is 0 Å². The molecule has 3 rings (SSSR count). The first kappa shape index (κ1) is 18.0. The summed E-state index contributed by atoms with van der Waals surface area (Å²) < 4.78 is 0.604. The van der Waals surface area contributed by atoms with Gasteiger partial charge in [0.15, 0.2) is 6.04 Å². The van der Waals surface area contributed by atoms with Gasteiger partial charge in [-0.2, -0.15) is 0 Å². The van der Waals surface area contributed by atoms with Crippen molar-refractivity contribution in [3.05, 3.63) is 48.5 Å². The topological polar surface area (TPSA) is 20.3 Å². The van der Waals surface area contributed by atoms with Gasteiger partial charge < -0.3 is 21.5 Å². The first-order valence-electron chi connectivity index (χ1n) is 7.40. The molecule has 23 heavy (non-hydrogen) atoms. The fourth-order valence-electron chi connectivity index (χ4n) is 2.46. The summed E-state index contributed by atoms with van der Waals surface area (Å²) in [5.74, 6) is 0.132. The maximum absolute atomic E-state index is 13.2. The predicted molar refractivity (Wildman–Crippen MR) is 91.6 cm³/mol. The van der Waals surface area contributed by atoms with Crippen molar-refractivity contribution in [1.82, 2.24) is 0 Å². The van der Waals surface area contributed by atoms with Gasteiger partial charge in [0.1, 0.15) is 0 Å². The highest BCUT2D eigenvalue weighted by atomic mass is 79.9. The largest absolute Gasteiger partial charge is 1.00 e. The van der Waals surface area contributed by atoms with Gasteiger partial charge in [-0.3, -0.25) is 9.69 Å². The van der Waals surface area contributed by atoms with Crippen LogP contribution >= 0.6 is 11.8 Å². The van der Waals surface area contributed by atoms with Crippen molar-refractivity contribution in [1.29, 1.82) is 0 Å². The molecule has 2 aromatic carbocycles. The van der Waals surface area contributed by atoms with Crippen molar-refractivity contribution >= 4 is 29.0 Å². The van der Waals surface area contributed by atoms with E-state index in [4.69, 9.17) is 0 Å². The van der Waals surface area contributed by atoms with E-state index in [2.05, 4.69) is 33.3 Å². The summed E-state index contributed by atoms with van der Waals surface area (Å²) >= 11 is 1.72. The average Bonchev–Trinajstić information content (AvgIpc) is 2.50. The zero-order valence-corrected chi connectivity index (χ0v) is 16.2. The number of rotatable bonds is 2. The van der Waals surface area contributed by atoms with Crippen LogP contribution in [-0.2, 0) is 4.79 Å². The van der Waals surface area contributed by atoms with Crippen LogP contribution in [0.15, 0.2) is 58.3 Å². The van der Waals surface area contributed by atoms with Crippen LogP contribution in [0.5, 0.6) is 0 Å². The SMILES string of the molecule is CC(C(=O)N1c2ccccc2Sc2ccccc21)[N+](C)(C)C.[Br-]. The van der Waals surface area contributed by atoms with E-state index in [0.29, 0.717) is 4.48 Å². The number of halogens is 1. The van der Waals surface area contributed by atoms with Crippen LogP contribution < -0.4 is 21.9 Å². The van der Waals surface area contributed by atoms with Crippen LogP contribution in [0.25, 0.3) is 0 Å². The Morgan fingerprint density at radius 2 is 1.39 bits per heavy atom. The van der Waals surface area contributed by atoms with Gasteiger partial charge in [-0.25, -0.2) is 0 Å². The summed E-state index contributed by atoms with van der Waals surface area (Å²) in [6.07, 6.45) is 0. The van der Waals surface area contributed by atoms with Crippen LogP contribution in [0.3, 0.4) is 0 Å². The normalized spacial score (nSPS) is 14.3. The van der Waals surface area contributed by atoms with E-state index < -0.39 is 0 Å². The Kier molecular flexibility index (Phi) is 5.23. The number of hydrogen-bond acceptors (Lipinski definition) is 2. The first-order chi connectivity index (χ1) is 10.4. The summed E-state index contributed by atoms with van der Waals surface area (Å²) in [5, 5.41) is 0. The first-order valence-corrected chi connectivity index (χ1v) is 8.22. The maximum atomic E-state index is 13.2. The number of amides is 1. The Morgan fingerprint density at radius 3 is 1.83 bits per heavy atom. The molecule has 1 unspecified atom stereocenters. The highest BCUT2D eigenvalue weighted by molar-refractivity contribution is 7.99. The molecule has 2 aromatic rings. The maximum Gasteiger partial charge on any atom is 0.289 e. The Hall–Kier alpha value is -1.30. The Balaban J connectivity index is 0.00000192. The van der Waals surface area contributed by atoms with Crippen molar-refractivity contribution in [2.24, 2.45) is 0 Å². The van der Waals surface area contributed by atoms with Gasteiger partial charge in [0.05, 0.1) is 32.5 Å². The third kappa shape index (κ3) is 3.32. The van der Waals surface area contributed by atoms with Gasteiger partial charge in [0.2, 0.25) is 0 Å². The molecule has 1 aliphatic rings. The molecule has 122 valence electrons. The third-order valence-electron chi connectivity index (χ3n) is 4.17. The van der Waals surface area contributed by atoms with Crippen LogP contribution in [0.4, 0.5) is 11.4 Å². The van der Waals surface area contributed by atoms with E-state index >= 15 is 0 Å². The highest BCUT2D eigenvalue weighted by Gasteiger charge is 2.36. The predicted octanol–water partition coefficient (Wildman–Crippen LogP) is 0.915. The molecule has 5 heteroatoms. The zero-order chi connectivity index (χ0) is 15.9. The Labute approximate surface area is 152 Å². The smallest absolute Gasteiger partial charge is 0.289 e. The standard InChI is InChI=1S/C18H21N2OS.BrH/c1-13(20(2,3)4)18(21)19-14-9-5-7-11-16(14)22-17-12-8-6-10-15(17)19;/h5-13H,1-4H3;1H/q+1;/p-1. The van der Waals surface area contributed by atoms with Gasteiger partial charge in [0.25, 0.3) is 5.91 Å². The van der Waals surface area contributed by atoms with E-state index in [1.54, 1.807) is 11.8 Å². The molecule has 0 bridgehead atoms.